The summed E-state index contributed by atoms with van der Waals surface area (Å²) in [4.78, 5) is 18.7. The zero-order valence-electron chi connectivity index (χ0n) is 15.7. The monoisotopic (exact) mass is 375 g/mol. The lowest BCUT2D eigenvalue weighted by Gasteiger charge is -2.24. The molecule has 2 N–H and O–H groups in total. The van der Waals surface area contributed by atoms with Crippen LogP contribution in [0.1, 0.15) is 58.8 Å². The summed E-state index contributed by atoms with van der Waals surface area (Å²) in [7, 11) is 0. The Hall–Kier alpha value is -2.08. The maximum Gasteiger partial charge on any atom is 0.420 e. The number of amides is 1. The number of benzene rings is 1. The lowest BCUT2D eigenvalue weighted by atomic mass is 10.1. The van der Waals surface area contributed by atoms with Crippen LogP contribution in [0.2, 0.25) is 0 Å². The summed E-state index contributed by atoms with van der Waals surface area (Å²) >= 11 is 1.31. The van der Waals surface area contributed by atoms with E-state index in [4.69, 9.17) is 10.5 Å². The molecule has 0 aliphatic heterocycles. The molecule has 1 unspecified atom stereocenters. The minimum absolute atomic E-state index is 0.0634. The van der Waals surface area contributed by atoms with Gasteiger partial charge in [0.2, 0.25) is 0 Å². The van der Waals surface area contributed by atoms with Crippen LogP contribution in [0.4, 0.5) is 21.4 Å². The van der Waals surface area contributed by atoms with E-state index in [0.29, 0.717) is 10.9 Å². The van der Waals surface area contributed by atoms with Gasteiger partial charge in [-0.3, -0.25) is 0 Å². The molecular formula is C20H29N3O2S. The fourth-order valence-electron chi connectivity index (χ4n) is 2.87. The Kier molecular flexibility index (Phi) is 8.41. The Morgan fingerprint density at radius 2 is 1.92 bits per heavy atom. The van der Waals surface area contributed by atoms with Gasteiger partial charge in [0.25, 0.3) is 0 Å². The first kappa shape index (κ1) is 20.2. The van der Waals surface area contributed by atoms with Crippen LogP contribution < -0.4 is 10.6 Å². The minimum Gasteiger partial charge on any atom is -0.446 e. The molecule has 0 aliphatic rings. The van der Waals surface area contributed by atoms with Gasteiger partial charge in [0, 0.05) is 5.38 Å². The predicted octanol–water partition coefficient (Wildman–Crippen LogP) is 6.14. The third kappa shape index (κ3) is 6.02. The molecule has 1 atom stereocenters. The topological polar surface area (TPSA) is 68.5 Å². The van der Waals surface area contributed by atoms with Crippen molar-refractivity contribution in [3.63, 3.8) is 0 Å². The van der Waals surface area contributed by atoms with E-state index < -0.39 is 6.09 Å². The van der Waals surface area contributed by atoms with Crippen LogP contribution in [-0.4, -0.2) is 17.2 Å². The lowest BCUT2D eigenvalue weighted by molar-refractivity contribution is 0.0933. The van der Waals surface area contributed by atoms with Crippen molar-refractivity contribution in [3.8, 4) is 0 Å². The van der Waals surface area contributed by atoms with Gasteiger partial charge in [-0.15, -0.1) is 11.3 Å². The van der Waals surface area contributed by atoms with Gasteiger partial charge in [0.15, 0.2) is 10.9 Å². The molecule has 0 aliphatic carbocycles. The first-order valence-electron chi connectivity index (χ1n) is 9.42. The van der Waals surface area contributed by atoms with Crippen molar-refractivity contribution in [3.05, 3.63) is 35.7 Å². The van der Waals surface area contributed by atoms with Crippen molar-refractivity contribution in [1.29, 1.82) is 0 Å². The number of ether oxygens (including phenoxy) is 1. The van der Waals surface area contributed by atoms with Crippen LogP contribution in [0.5, 0.6) is 0 Å². The van der Waals surface area contributed by atoms with E-state index in [0.717, 1.165) is 31.4 Å². The normalized spacial score (nSPS) is 11.9. The van der Waals surface area contributed by atoms with E-state index in [-0.39, 0.29) is 6.10 Å². The number of carbonyl (C=O) groups is 1. The third-order valence-corrected chi connectivity index (χ3v) is 4.86. The van der Waals surface area contributed by atoms with Crippen LogP contribution in [0.15, 0.2) is 35.7 Å². The predicted molar refractivity (Wildman–Crippen MR) is 109 cm³/mol. The minimum atomic E-state index is -0.393. The Morgan fingerprint density at radius 1 is 1.15 bits per heavy atom. The zero-order chi connectivity index (χ0) is 18.8. The Morgan fingerprint density at radius 3 is 2.54 bits per heavy atom. The van der Waals surface area contributed by atoms with Crippen molar-refractivity contribution in [1.82, 2.24) is 4.98 Å². The second kappa shape index (κ2) is 10.8. The van der Waals surface area contributed by atoms with Crippen LogP contribution in [-0.2, 0) is 4.74 Å². The number of nitrogens with two attached hydrogens (primary N) is 1. The average Bonchev–Trinajstić information content (AvgIpc) is 3.06. The third-order valence-electron chi connectivity index (χ3n) is 4.19. The summed E-state index contributed by atoms with van der Waals surface area (Å²) in [5, 5.41) is 2.21. The largest absolute Gasteiger partial charge is 0.446 e. The zero-order valence-corrected chi connectivity index (χ0v) is 16.5. The van der Waals surface area contributed by atoms with Crippen molar-refractivity contribution < 1.29 is 9.53 Å². The number of unbranched alkanes of at least 4 members (excludes halogenated alkanes) is 3. The quantitative estimate of drug-likeness (QED) is 0.506. The molecule has 2 aromatic rings. The summed E-state index contributed by atoms with van der Waals surface area (Å²) < 4.78 is 5.86. The fraction of sp³-hybridized carbons (Fsp3) is 0.500. The summed E-state index contributed by atoms with van der Waals surface area (Å²) in [6, 6.07) is 9.43. The van der Waals surface area contributed by atoms with E-state index in [2.05, 4.69) is 18.8 Å². The number of aromatic nitrogens is 1. The van der Waals surface area contributed by atoms with Gasteiger partial charge < -0.3 is 10.5 Å². The molecule has 0 fully saturated rings. The average molecular weight is 376 g/mol. The van der Waals surface area contributed by atoms with E-state index in [1.807, 2.05) is 30.3 Å². The molecule has 2 rings (SSSR count). The highest BCUT2D eigenvalue weighted by Crippen LogP contribution is 2.29. The molecule has 0 radical (unpaired) electrons. The molecule has 0 saturated heterocycles. The first-order chi connectivity index (χ1) is 12.7. The Balaban J connectivity index is 2.11. The summed E-state index contributed by atoms with van der Waals surface area (Å²) in [6.07, 6.45) is 7.00. The van der Waals surface area contributed by atoms with Crippen LogP contribution >= 0.6 is 11.3 Å². The molecule has 0 saturated carbocycles. The van der Waals surface area contributed by atoms with Crippen LogP contribution in [0.25, 0.3) is 0 Å². The number of nitrogens with zero attached hydrogens (tertiary/aromatic N) is 2. The molecule has 0 spiro atoms. The second-order valence-electron chi connectivity index (χ2n) is 6.36. The standard InChI is InChI=1S/C20H29N3O2S/c1-3-5-6-10-14-17(11-4-2)25-20(24)23(16-12-8-7-9-13-16)18-15-26-19(21)22-18/h7-9,12-13,15,17H,3-6,10-11,14H2,1-2H3,(H2,21,22). The smallest absolute Gasteiger partial charge is 0.420 e. The summed E-state index contributed by atoms with van der Waals surface area (Å²) in [5.41, 5.74) is 6.49. The molecule has 0 bridgehead atoms. The number of anilines is 3. The Bertz CT molecular complexity index is 660. The molecular weight excluding hydrogens is 346 g/mol. The van der Waals surface area contributed by atoms with Crippen molar-refractivity contribution >= 4 is 34.1 Å². The Labute approximate surface area is 160 Å². The van der Waals surface area contributed by atoms with Crippen LogP contribution in [0, 0.1) is 0 Å². The molecule has 1 amide bonds. The molecule has 5 nitrogen and oxygen atoms in total. The van der Waals surface area contributed by atoms with E-state index in [1.165, 1.54) is 35.5 Å². The molecule has 1 aromatic heterocycles. The number of para-hydroxylation sites is 1. The molecule has 142 valence electrons. The van der Waals surface area contributed by atoms with Crippen molar-refractivity contribution in [2.75, 3.05) is 10.6 Å². The highest BCUT2D eigenvalue weighted by Gasteiger charge is 2.24. The highest BCUT2D eigenvalue weighted by molar-refractivity contribution is 7.13. The van der Waals surface area contributed by atoms with Gasteiger partial charge >= 0.3 is 6.09 Å². The highest BCUT2D eigenvalue weighted by atomic mass is 32.1. The number of carbonyl (C=O) groups excluding carboxylic acids is 1. The van der Waals surface area contributed by atoms with Gasteiger partial charge in [0.1, 0.15) is 6.10 Å². The number of hydrogen-bond acceptors (Lipinski definition) is 5. The fourth-order valence-corrected chi connectivity index (χ4v) is 3.40. The van der Waals surface area contributed by atoms with E-state index in [1.54, 1.807) is 5.38 Å². The molecule has 6 heteroatoms. The van der Waals surface area contributed by atoms with Gasteiger partial charge in [0.05, 0.1) is 5.69 Å². The SMILES string of the molecule is CCCCCCC(CCC)OC(=O)N(c1ccccc1)c1csc(N)n1. The maximum absolute atomic E-state index is 13.0. The van der Waals surface area contributed by atoms with Crippen molar-refractivity contribution in [2.24, 2.45) is 0 Å². The summed E-state index contributed by atoms with van der Waals surface area (Å²) in [5.74, 6) is 0.505. The lowest BCUT2D eigenvalue weighted by Crippen LogP contribution is -2.31. The second-order valence-corrected chi connectivity index (χ2v) is 7.25. The molecule has 26 heavy (non-hydrogen) atoms. The van der Waals surface area contributed by atoms with Crippen molar-refractivity contribution in [2.45, 2.75) is 64.9 Å². The van der Waals surface area contributed by atoms with E-state index in [9.17, 15) is 4.79 Å². The number of rotatable bonds is 10. The van der Waals surface area contributed by atoms with Gasteiger partial charge in [-0.05, 0) is 31.4 Å². The van der Waals surface area contributed by atoms with E-state index >= 15 is 0 Å². The summed E-state index contributed by atoms with van der Waals surface area (Å²) in [6.45, 7) is 4.31. The van der Waals surface area contributed by atoms with Crippen LogP contribution in [0.3, 0.4) is 0 Å². The number of thiazole rings is 1. The molecule has 1 heterocycles. The van der Waals surface area contributed by atoms with Gasteiger partial charge in [-0.25, -0.2) is 14.7 Å². The van der Waals surface area contributed by atoms with Gasteiger partial charge in [-0.2, -0.15) is 0 Å². The molecule has 1 aromatic carbocycles. The number of nitrogen functional groups attached to an aromatic ring is 1. The number of hydrogen-bond donors (Lipinski definition) is 1. The van der Waals surface area contributed by atoms with Gasteiger partial charge in [-0.1, -0.05) is 57.7 Å². The first-order valence-corrected chi connectivity index (χ1v) is 10.3. The maximum atomic E-state index is 13.0.